The molecular formula is C17H17N3O2S. The van der Waals surface area contributed by atoms with Crippen LogP contribution in [0.5, 0.6) is 0 Å². The molecule has 3 rings (SSSR count). The van der Waals surface area contributed by atoms with Crippen molar-refractivity contribution in [1.82, 2.24) is 14.8 Å². The van der Waals surface area contributed by atoms with Crippen LogP contribution in [0.2, 0.25) is 0 Å². The van der Waals surface area contributed by atoms with E-state index < -0.39 is 0 Å². The molecule has 2 aromatic heterocycles. The molecule has 0 saturated heterocycles. The lowest BCUT2D eigenvalue weighted by atomic mass is 10.2. The van der Waals surface area contributed by atoms with E-state index in [1.54, 1.807) is 13.2 Å². The second kappa shape index (κ2) is 6.83. The monoisotopic (exact) mass is 327 g/mol. The minimum Gasteiger partial charge on any atom is -0.461 e. The van der Waals surface area contributed by atoms with Gasteiger partial charge >= 0.3 is 0 Å². The van der Waals surface area contributed by atoms with E-state index >= 15 is 0 Å². The van der Waals surface area contributed by atoms with Gasteiger partial charge in [0.15, 0.2) is 10.9 Å². The number of benzene rings is 1. The fourth-order valence-corrected chi connectivity index (χ4v) is 2.96. The summed E-state index contributed by atoms with van der Waals surface area (Å²) in [6.45, 7) is 4.08. The number of aromatic nitrogens is 3. The number of ketones is 1. The highest BCUT2D eigenvalue weighted by Crippen LogP contribution is 2.28. The molecule has 6 heteroatoms. The second-order valence-electron chi connectivity index (χ2n) is 5.23. The number of carbonyl (C=O) groups is 1. The number of furan rings is 1. The first-order valence-electron chi connectivity index (χ1n) is 7.33. The van der Waals surface area contributed by atoms with E-state index in [0.29, 0.717) is 23.3 Å². The van der Waals surface area contributed by atoms with Crippen molar-refractivity contribution in [2.75, 3.05) is 0 Å². The molecule has 0 aliphatic carbocycles. The molecule has 1 unspecified atom stereocenters. The summed E-state index contributed by atoms with van der Waals surface area (Å²) in [5.41, 5.74) is 1.14. The van der Waals surface area contributed by atoms with Crippen LogP contribution in [0.25, 0.3) is 11.6 Å². The molecule has 2 heterocycles. The molecule has 0 bridgehead atoms. The van der Waals surface area contributed by atoms with E-state index in [1.165, 1.54) is 11.8 Å². The molecule has 0 aliphatic heterocycles. The number of Topliss-reactive ketones (excluding diaryl/α,β-unsaturated/α-hetero) is 1. The molecular weight excluding hydrogens is 310 g/mol. The van der Waals surface area contributed by atoms with Gasteiger partial charge in [0, 0.05) is 0 Å². The molecule has 23 heavy (non-hydrogen) atoms. The largest absolute Gasteiger partial charge is 0.461 e. The van der Waals surface area contributed by atoms with Gasteiger partial charge in [-0.2, -0.15) is 0 Å². The standard InChI is InChI=1S/C17H17N3O2S/c1-12(21)13(2)23-17-19-18-16(15-9-6-10-22-15)20(17)11-14-7-4-3-5-8-14/h3-10,13H,11H2,1-2H3. The highest BCUT2D eigenvalue weighted by Gasteiger charge is 2.20. The second-order valence-corrected chi connectivity index (χ2v) is 6.53. The van der Waals surface area contributed by atoms with E-state index in [9.17, 15) is 4.79 Å². The predicted octanol–water partition coefficient (Wildman–Crippen LogP) is 3.66. The maximum atomic E-state index is 11.6. The van der Waals surface area contributed by atoms with E-state index in [4.69, 9.17) is 4.42 Å². The molecule has 1 atom stereocenters. The van der Waals surface area contributed by atoms with Crippen LogP contribution in [0.15, 0.2) is 58.3 Å². The van der Waals surface area contributed by atoms with Gasteiger partial charge in [-0.1, -0.05) is 42.1 Å². The zero-order valence-corrected chi connectivity index (χ0v) is 13.8. The van der Waals surface area contributed by atoms with E-state index in [-0.39, 0.29) is 11.0 Å². The third-order valence-corrected chi connectivity index (χ3v) is 4.69. The Balaban J connectivity index is 1.98. The highest BCUT2D eigenvalue weighted by molar-refractivity contribution is 8.00. The van der Waals surface area contributed by atoms with Gasteiger partial charge in [0.1, 0.15) is 5.78 Å². The highest BCUT2D eigenvalue weighted by atomic mass is 32.2. The van der Waals surface area contributed by atoms with Crippen LogP contribution in [0.4, 0.5) is 0 Å². The van der Waals surface area contributed by atoms with Gasteiger partial charge in [-0.15, -0.1) is 10.2 Å². The lowest BCUT2D eigenvalue weighted by Gasteiger charge is -2.11. The maximum absolute atomic E-state index is 11.6. The van der Waals surface area contributed by atoms with Gasteiger partial charge in [-0.25, -0.2) is 0 Å². The van der Waals surface area contributed by atoms with E-state index in [1.807, 2.05) is 41.8 Å². The van der Waals surface area contributed by atoms with E-state index in [0.717, 1.165) is 5.56 Å². The number of nitrogens with zero attached hydrogens (tertiary/aromatic N) is 3. The third-order valence-electron chi connectivity index (χ3n) is 3.50. The van der Waals surface area contributed by atoms with Gasteiger partial charge < -0.3 is 4.42 Å². The van der Waals surface area contributed by atoms with Crippen LogP contribution in [-0.4, -0.2) is 25.8 Å². The van der Waals surface area contributed by atoms with Crippen molar-refractivity contribution >= 4 is 17.5 Å². The Morgan fingerprint density at radius 1 is 1.22 bits per heavy atom. The minimum atomic E-state index is -0.168. The summed E-state index contributed by atoms with van der Waals surface area (Å²) in [4.78, 5) is 11.6. The topological polar surface area (TPSA) is 60.9 Å². The fourth-order valence-electron chi connectivity index (χ4n) is 2.11. The Morgan fingerprint density at radius 3 is 2.65 bits per heavy atom. The number of carbonyl (C=O) groups excluding carboxylic acids is 1. The molecule has 0 spiro atoms. The summed E-state index contributed by atoms with van der Waals surface area (Å²) in [7, 11) is 0. The van der Waals surface area contributed by atoms with Crippen molar-refractivity contribution in [3.63, 3.8) is 0 Å². The summed E-state index contributed by atoms with van der Waals surface area (Å²) >= 11 is 1.41. The van der Waals surface area contributed by atoms with Crippen molar-refractivity contribution in [2.24, 2.45) is 0 Å². The van der Waals surface area contributed by atoms with E-state index in [2.05, 4.69) is 22.3 Å². The summed E-state index contributed by atoms with van der Waals surface area (Å²) in [5.74, 6) is 1.44. The molecule has 0 aliphatic rings. The van der Waals surface area contributed by atoms with Crippen LogP contribution < -0.4 is 0 Å². The molecule has 0 N–H and O–H groups in total. The van der Waals surface area contributed by atoms with Crippen LogP contribution in [-0.2, 0) is 11.3 Å². The normalized spacial score (nSPS) is 12.3. The molecule has 5 nitrogen and oxygen atoms in total. The van der Waals surface area contributed by atoms with Crippen LogP contribution in [0.3, 0.4) is 0 Å². The molecule has 0 radical (unpaired) electrons. The zero-order chi connectivity index (χ0) is 16.2. The number of rotatable bonds is 6. The summed E-state index contributed by atoms with van der Waals surface area (Å²) in [6.07, 6.45) is 1.61. The van der Waals surface area contributed by atoms with Gasteiger partial charge in [-0.05, 0) is 31.5 Å². The van der Waals surface area contributed by atoms with Gasteiger partial charge in [0.2, 0.25) is 5.82 Å². The van der Waals surface area contributed by atoms with Crippen molar-refractivity contribution in [2.45, 2.75) is 30.8 Å². The van der Waals surface area contributed by atoms with Crippen LogP contribution in [0, 0.1) is 0 Å². The molecule has 3 aromatic rings. The van der Waals surface area contributed by atoms with Crippen molar-refractivity contribution < 1.29 is 9.21 Å². The number of hydrogen-bond donors (Lipinski definition) is 0. The lowest BCUT2D eigenvalue weighted by molar-refractivity contribution is -0.116. The zero-order valence-electron chi connectivity index (χ0n) is 13.0. The first-order chi connectivity index (χ1) is 11.1. The Labute approximate surface area is 138 Å². The van der Waals surface area contributed by atoms with Crippen molar-refractivity contribution in [3.05, 3.63) is 54.3 Å². The average molecular weight is 327 g/mol. The Morgan fingerprint density at radius 2 is 2.00 bits per heavy atom. The van der Waals surface area contributed by atoms with Crippen molar-refractivity contribution in [1.29, 1.82) is 0 Å². The van der Waals surface area contributed by atoms with Gasteiger partial charge in [-0.3, -0.25) is 9.36 Å². The van der Waals surface area contributed by atoms with Gasteiger partial charge in [0.25, 0.3) is 0 Å². The van der Waals surface area contributed by atoms with Crippen molar-refractivity contribution in [3.8, 4) is 11.6 Å². The molecule has 1 aromatic carbocycles. The Bertz CT molecular complexity index is 782. The van der Waals surface area contributed by atoms with Crippen LogP contribution in [0.1, 0.15) is 19.4 Å². The predicted molar refractivity (Wildman–Crippen MR) is 89.3 cm³/mol. The molecule has 0 saturated carbocycles. The average Bonchev–Trinajstić information content (AvgIpc) is 3.19. The van der Waals surface area contributed by atoms with Gasteiger partial charge in [0.05, 0.1) is 18.1 Å². The third kappa shape index (κ3) is 3.53. The number of hydrogen-bond acceptors (Lipinski definition) is 5. The fraction of sp³-hybridized carbons (Fsp3) is 0.235. The molecule has 0 amide bonds. The first-order valence-corrected chi connectivity index (χ1v) is 8.21. The molecule has 118 valence electrons. The minimum absolute atomic E-state index is 0.115. The SMILES string of the molecule is CC(=O)C(C)Sc1nnc(-c2ccco2)n1Cc1ccccc1. The Hall–Kier alpha value is -2.34. The molecule has 0 fully saturated rings. The van der Waals surface area contributed by atoms with Crippen LogP contribution >= 0.6 is 11.8 Å². The summed E-state index contributed by atoms with van der Waals surface area (Å²) in [6, 6.07) is 13.8. The summed E-state index contributed by atoms with van der Waals surface area (Å²) in [5, 5.41) is 9.05. The quantitative estimate of drug-likeness (QED) is 0.647. The maximum Gasteiger partial charge on any atom is 0.200 e. The Kier molecular flexibility index (Phi) is 4.62. The summed E-state index contributed by atoms with van der Waals surface area (Å²) < 4.78 is 7.45. The first kappa shape index (κ1) is 15.6. The smallest absolute Gasteiger partial charge is 0.200 e. The number of thioether (sulfide) groups is 1. The lowest BCUT2D eigenvalue weighted by Crippen LogP contribution is -2.11.